The van der Waals surface area contributed by atoms with Gasteiger partial charge in [0.2, 0.25) is 5.91 Å². The quantitative estimate of drug-likeness (QED) is 0.907. The molecule has 0 heterocycles. The molecule has 2 rings (SSSR count). The lowest BCUT2D eigenvalue weighted by Gasteiger charge is -2.11. The van der Waals surface area contributed by atoms with Crippen molar-refractivity contribution in [3.63, 3.8) is 0 Å². The summed E-state index contributed by atoms with van der Waals surface area (Å²) in [6.45, 7) is 0.111. The number of halogens is 4. The van der Waals surface area contributed by atoms with E-state index in [1.165, 1.54) is 6.07 Å². The van der Waals surface area contributed by atoms with Crippen molar-refractivity contribution in [2.75, 3.05) is 0 Å². The van der Waals surface area contributed by atoms with Gasteiger partial charge in [0, 0.05) is 16.9 Å². The second kappa shape index (κ2) is 4.91. The van der Waals surface area contributed by atoms with E-state index in [2.05, 4.69) is 21.2 Å². The van der Waals surface area contributed by atoms with Crippen LogP contribution >= 0.6 is 15.9 Å². The number of rotatable bonds is 3. The predicted octanol–water partition coefficient (Wildman–Crippen LogP) is 3.49. The summed E-state index contributed by atoms with van der Waals surface area (Å²) >= 11 is 3.18. The number of benzene rings is 1. The third kappa shape index (κ3) is 3.25. The fourth-order valence-electron chi connectivity index (χ4n) is 1.56. The van der Waals surface area contributed by atoms with Gasteiger partial charge >= 0.3 is 6.18 Å². The van der Waals surface area contributed by atoms with Crippen molar-refractivity contribution in [2.45, 2.75) is 25.6 Å². The van der Waals surface area contributed by atoms with Crippen molar-refractivity contribution in [1.29, 1.82) is 0 Å². The number of nitrogens with one attached hydrogen (secondary N) is 1. The zero-order valence-electron chi connectivity index (χ0n) is 9.35. The van der Waals surface area contributed by atoms with Gasteiger partial charge in [0.1, 0.15) is 0 Å². The van der Waals surface area contributed by atoms with Crippen LogP contribution in [0.4, 0.5) is 13.2 Å². The summed E-state index contributed by atoms with van der Waals surface area (Å²) in [6, 6.07) is 3.41. The van der Waals surface area contributed by atoms with Crippen molar-refractivity contribution in [2.24, 2.45) is 5.92 Å². The summed E-state index contributed by atoms with van der Waals surface area (Å²) in [5.74, 6) is -0.0334. The highest BCUT2D eigenvalue weighted by Gasteiger charge is 2.31. The first-order valence-electron chi connectivity index (χ1n) is 5.51. The second-order valence-corrected chi connectivity index (χ2v) is 5.15. The zero-order valence-corrected chi connectivity index (χ0v) is 10.9. The molecule has 0 atom stereocenters. The van der Waals surface area contributed by atoms with Crippen molar-refractivity contribution in [3.8, 4) is 0 Å². The van der Waals surface area contributed by atoms with Crippen LogP contribution in [0.2, 0.25) is 0 Å². The molecule has 1 aliphatic carbocycles. The minimum Gasteiger partial charge on any atom is -0.352 e. The van der Waals surface area contributed by atoms with Gasteiger partial charge in [0.25, 0.3) is 0 Å². The molecule has 1 amide bonds. The molecule has 1 saturated carbocycles. The maximum atomic E-state index is 12.5. The first-order chi connectivity index (χ1) is 8.38. The Morgan fingerprint density at radius 2 is 2.06 bits per heavy atom. The Hall–Kier alpha value is -1.04. The molecule has 0 spiro atoms. The minimum atomic E-state index is -4.37. The molecular weight excluding hydrogens is 311 g/mol. The summed E-state index contributed by atoms with van der Waals surface area (Å²) < 4.78 is 38.2. The third-order valence-electron chi connectivity index (χ3n) is 2.77. The van der Waals surface area contributed by atoms with Crippen LogP contribution in [0.3, 0.4) is 0 Å². The molecule has 1 aromatic carbocycles. The molecule has 0 radical (unpaired) electrons. The molecule has 1 aliphatic rings. The summed E-state index contributed by atoms with van der Waals surface area (Å²) in [4.78, 5) is 11.4. The van der Waals surface area contributed by atoms with E-state index in [1.807, 2.05) is 0 Å². The van der Waals surface area contributed by atoms with E-state index in [0.29, 0.717) is 10.0 Å². The number of hydrogen-bond donors (Lipinski definition) is 1. The summed E-state index contributed by atoms with van der Waals surface area (Å²) in [6.07, 6.45) is -2.62. The van der Waals surface area contributed by atoms with Gasteiger partial charge in [0.15, 0.2) is 0 Å². The molecule has 1 aromatic rings. The monoisotopic (exact) mass is 321 g/mol. The van der Waals surface area contributed by atoms with Gasteiger partial charge in [0.05, 0.1) is 5.56 Å². The van der Waals surface area contributed by atoms with Crippen LogP contribution in [-0.4, -0.2) is 5.91 Å². The lowest BCUT2D eigenvalue weighted by atomic mass is 10.1. The molecule has 0 aromatic heterocycles. The molecule has 0 bridgehead atoms. The Morgan fingerprint density at radius 3 is 2.61 bits per heavy atom. The largest absolute Gasteiger partial charge is 0.416 e. The highest BCUT2D eigenvalue weighted by molar-refractivity contribution is 9.10. The number of alkyl halides is 3. The van der Waals surface area contributed by atoms with Gasteiger partial charge in [-0.05, 0) is 36.6 Å². The molecule has 1 fully saturated rings. The van der Waals surface area contributed by atoms with Crippen molar-refractivity contribution in [3.05, 3.63) is 33.8 Å². The Morgan fingerprint density at radius 1 is 1.39 bits per heavy atom. The second-order valence-electron chi connectivity index (χ2n) is 4.30. The van der Waals surface area contributed by atoms with Gasteiger partial charge in [-0.25, -0.2) is 0 Å². The van der Waals surface area contributed by atoms with Gasteiger partial charge in [-0.3, -0.25) is 4.79 Å². The van der Waals surface area contributed by atoms with Gasteiger partial charge in [-0.15, -0.1) is 0 Å². The molecule has 0 unspecified atom stereocenters. The molecule has 1 N–H and O–H groups in total. The summed E-state index contributed by atoms with van der Waals surface area (Å²) in [5.41, 5.74) is -0.278. The van der Waals surface area contributed by atoms with Gasteiger partial charge in [-0.1, -0.05) is 15.9 Å². The van der Waals surface area contributed by atoms with E-state index >= 15 is 0 Å². The van der Waals surface area contributed by atoms with Crippen LogP contribution in [0.25, 0.3) is 0 Å². The van der Waals surface area contributed by atoms with Gasteiger partial charge < -0.3 is 5.32 Å². The van der Waals surface area contributed by atoms with E-state index in [-0.39, 0.29) is 18.4 Å². The number of carbonyl (C=O) groups excluding carboxylic acids is 1. The first-order valence-corrected chi connectivity index (χ1v) is 6.30. The highest BCUT2D eigenvalue weighted by Crippen LogP contribution is 2.32. The predicted molar refractivity (Wildman–Crippen MR) is 63.7 cm³/mol. The highest BCUT2D eigenvalue weighted by atomic mass is 79.9. The standard InChI is InChI=1S/C12H11BrF3NO/c13-10-4-3-9(12(14,15)16)5-8(10)6-17-11(18)7-1-2-7/h3-5,7H,1-2,6H2,(H,17,18). The van der Waals surface area contributed by atoms with Crippen molar-refractivity contribution in [1.82, 2.24) is 5.32 Å². The lowest BCUT2D eigenvalue weighted by molar-refractivity contribution is -0.137. The van der Waals surface area contributed by atoms with E-state index in [1.54, 1.807) is 0 Å². The summed E-state index contributed by atoms with van der Waals surface area (Å²) in [7, 11) is 0. The normalized spacial score (nSPS) is 15.6. The average molecular weight is 322 g/mol. The van der Waals surface area contributed by atoms with Crippen molar-refractivity contribution < 1.29 is 18.0 Å². The van der Waals surface area contributed by atoms with Crippen LogP contribution in [0.15, 0.2) is 22.7 Å². The van der Waals surface area contributed by atoms with Crippen molar-refractivity contribution >= 4 is 21.8 Å². The number of carbonyl (C=O) groups is 1. The Bertz CT molecular complexity index is 469. The Kier molecular flexibility index (Phi) is 3.66. The van der Waals surface area contributed by atoms with E-state index < -0.39 is 11.7 Å². The van der Waals surface area contributed by atoms with Crippen LogP contribution < -0.4 is 5.32 Å². The maximum Gasteiger partial charge on any atom is 0.416 e. The molecule has 0 saturated heterocycles. The van der Waals surface area contributed by atoms with Gasteiger partial charge in [-0.2, -0.15) is 13.2 Å². The van der Waals surface area contributed by atoms with Crippen LogP contribution in [-0.2, 0) is 17.5 Å². The molecule has 18 heavy (non-hydrogen) atoms. The van der Waals surface area contributed by atoms with E-state index in [4.69, 9.17) is 0 Å². The molecule has 2 nitrogen and oxygen atoms in total. The zero-order chi connectivity index (χ0) is 13.3. The van der Waals surface area contributed by atoms with Crippen LogP contribution in [0, 0.1) is 5.92 Å². The Labute approximate surface area is 111 Å². The molecule has 6 heteroatoms. The van der Waals surface area contributed by atoms with E-state index in [0.717, 1.165) is 25.0 Å². The molecule has 0 aliphatic heterocycles. The van der Waals surface area contributed by atoms with Crippen LogP contribution in [0.1, 0.15) is 24.0 Å². The Balaban J connectivity index is 2.08. The molecular formula is C12H11BrF3NO. The number of hydrogen-bond acceptors (Lipinski definition) is 1. The van der Waals surface area contributed by atoms with E-state index in [9.17, 15) is 18.0 Å². The minimum absolute atomic E-state index is 0.0505. The fourth-order valence-corrected chi connectivity index (χ4v) is 1.95. The number of amides is 1. The third-order valence-corrected chi connectivity index (χ3v) is 3.55. The fraction of sp³-hybridized carbons (Fsp3) is 0.417. The summed E-state index contributed by atoms with van der Waals surface area (Å²) in [5, 5.41) is 2.64. The maximum absolute atomic E-state index is 12.5. The van der Waals surface area contributed by atoms with Crippen LogP contribution in [0.5, 0.6) is 0 Å². The topological polar surface area (TPSA) is 29.1 Å². The SMILES string of the molecule is O=C(NCc1cc(C(F)(F)F)ccc1Br)C1CC1. The smallest absolute Gasteiger partial charge is 0.352 e. The average Bonchev–Trinajstić information content (AvgIpc) is 3.09. The first kappa shape index (κ1) is 13.4. The lowest BCUT2D eigenvalue weighted by Crippen LogP contribution is -2.24. The molecule has 98 valence electrons.